The molecule has 2 aliphatic heterocycles. The number of fused-ring (bicyclic) bond motifs is 3. The summed E-state index contributed by atoms with van der Waals surface area (Å²) in [6, 6.07) is 9.00. The number of ether oxygens (including phenoxy) is 1. The molecule has 2 aromatic rings. The number of piperidine rings is 1. The van der Waals surface area contributed by atoms with Gasteiger partial charge in [-0.1, -0.05) is 6.92 Å². The highest BCUT2D eigenvalue weighted by Gasteiger charge is 2.52. The second-order valence-corrected chi connectivity index (χ2v) is 7.19. The third-order valence-electron chi connectivity index (χ3n) is 6.08. The molecule has 3 heterocycles. The molecule has 0 spiro atoms. The topological polar surface area (TPSA) is 46.8 Å². The maximum atomic E-state index is 11.2. The van der Waals surface area contributed by atoms with Gasteiger partial charge in [-0.2, -0.15) is 0 Å². The van der Waals surface area contributed by atoms with Crippen LogP contribution < -0.4 is 9.64 Å². The number of hydrogen-bond acceptors (Lipinski definition) is 3. The van der Waals surface area contributed by atoms with Crippen molar-refractivity contribution < 1.29 is 14.7 Å². The Morgan fingerprint density at radius 1 is 1.33 bits per heavy atom. The Morgan fingerprint density at radius 2 is 2.21 bits per heavy atom. The number of aromatic nitrogens is 1. The normalized spacial score (nSPS) is 30.0. The standard InChI is InChI=1S/C20H26N2O2/c1-3-18-13-8-10-22(18)19(11-13)20(23)15-7-9-21-17-6-5-14(24-4-2)12-16(15)17/h5-7,9,12-13,18-20,23H,3-4,8,10-11H2,1-2H3/p+1. The van der Waals surface area contributed by atoms with E-state index in [1.54, 1.807) is 4.90 Å². The van der Waals surface area contributed by atoms with E-state index in [0.717, 1.165) is 40.6 Å². The minimum atomic E-state index is -0.429. The lowest BCUT2D eigenvalue weighted by Gasteiger charge is -2.28. The van der Waals surface area contributed by atoms with E-state index in [4.69, 9.17) is 4.74 Å². The molecule has 2 bridgehead atoms. The first-order valence-electron chi connectivity index (χ1n) is 9.28. The Morgan fingerprint density at radius 3 is 2.96 bits per heavy atom. The maximum Gasteiger partial charge on any atom is 0.131 e. The van der Waals surface area contributed by atoms with Gasteiger partial charge in [0.25, 0.3) is 0 Å². The second kappa shape index (κ2) is 6.34. The minimum absolute atomic E-state index is 0.315. The second-order valence-electron chi connectivity index (χ2n) is 7.19. The molecular weight excluding hydrogens is 300 g/mol. The number of benzene rings is 1. The number of nitrogens with zero attached hydrogens (tertiary/aromatic N) is 1. The van der Waals surface area contributed by atoms with Crippen LogP contribution in [0.4, 0.5) is 0 Å². The van der Waals surface area contributed by atoms with Crippen molar-refractivity contribution in [3.8, 4) is 5.75 Å². The minimum Gasteiger partial charge on any atom is -0.494 e. The van der Waals surface area contributed by atoms with Crippen LogP contribution >= 0.6 is 0 Å². The third-order valence-corrected chi connectivity index (χ3v) is 6.08. The summed E-state index contributed by atoms with van der Waals surface area (Å²) < 4.78 is 5.64. The summed E-state index contributed by atoms with van der Waals surface area (Å²) in [6.07, 6.45) is 5.07. The van der Waals surface area contributed by atoms with Crippen LogP contribution in [0, 0.1) is 5.92 Å². The predicted octanol–water partition coefficient (Wildman–Crippen LogP) is 2.12. The number of quaternary nitrogens is 1. The van der Waals surface area contributed by atoms with Crippen molar-refractivity contribution in [2.75, 3.05) is 13.2 Å². The Hall–Kier alpha value is -1.65. The summed E-state index contributed by atoms with van der Waals surface area (Å²) in [5.41, 5.74) is 1.93. The molecule has 5 atom stereocenters. The van der Waals surface area contributed by atoms with Crippen LogP contribution in [-0.4, -0.2) is 35.3 Å². The lowest BCUT2D eigenvalue weighted by atomic mass is 9.90. The van der Waals surface area contributed by atoms with Crippen LogP contribution in [0.5, 0.6) is 5.75 Å². The Kier molecular flexibility index (Phi) is 4.19. The summed E-state index contributed by atoms with van der Waals surface area (Å²) in [5, 5.41) is 12.2. The molecule has 2 fully saturated rings. The number of aliphatic hydroxyl groups excluding tert-OH is 1. The number of pyridine rings is 1. The summed E-state index contributed by atoms with van der Waals surface area (Å²) in [5.74, 6) is 1.63. The Bertz CT molecular complexity index is 733. The molecular formula is C20H27N2O2+. The first-order chi connectivity index (χ1) is 11.7. The van der Waals surface area contributed by atoms with Gasteiger partial charge in [0.05, 0.1) is 24.7 Å². The lowest BCUT2D eigenvalue weighted by Crippen LogP contribution is -3.16. The monoisotopic (exact) mass is 327 g/mol. The molecule has 2 N–H and O–H groups in total. The molecule has 4 nitrogen and oxygen atoms in total. The van der Waals surface area contributed by atoms with E-state index in [9.17, 15) is 5.11 Å². The molecule has 0 radical (unpaired) electrons. The number of hydrogen-bond donors (Lipinski definition) is 2. The van der Waals surface area contributed by atoms with Gasteiger partial charge >= 0.3 is 0 Å². The van der Waals surface area contributed by atoms with Crippen molar-refractivity contribution in [2.24, 2.45) is 5.92 Å². The van der Waals surface area contributed by atoms with Gasteiger partial charge in [0.1, 0.15) is 17.9 Å². The van der Waals surface area contributed by atoms with E-state index in [-0.39, 0.29) is 0 Å². The molecule has 24 heavy (non-hydrogen) atoms. The Labute approximate surface area is 143 Å². The van der Waals surface area contributed by atoms with Crippen LogP contribution in [-0.2, 0) is 0 Å². The summed E-state index contributed by atoms with van der Waals surface area (Å²) in [4.78, 5) is 6.07. The molecule has 4 heteroatoms. The van der Waals surface area contributed by atoms with Gasteiger partial charge in [-0.15, -0.1) is 0 Å². The molecule has 2 saturated heterocycles. The van der Waals surface area contributed by atoms with Crippen LogP contribution in [0.25, 0.3) is 10.9 Å². The predicted molar refractivity (Wildman–Crippen MR) is 94.3 cm³/mol. The number of nitrogens with one attached hydrogen (secondary N) is 1. The molecule has 0 aliphatic carbocycles. The fraction of sp³-hybridized carbons (Fsp3) is 0.550. The third kappa shape index (κ3) is 2.49. The maximum absolute atomic E-state index is 11.2. The average molecular weight is 327 g/mol. The molecule has 0 amide bonds. The largest absolute Gasteiger partial charge is 0.494 e. The van der Waals surface area contributed by atoms with Gasteiger partial charge in [-0.3, -0.25) is 4.98 Å². The average Bonchev–Trinajstić information content (AvgIpc) is 3.18. The van der Waals surface area contributed by atoms with Crippen LogP contribution in [0.1, 0.15) is 44.8 Å². The first kappa shape index (κ1) is 15.9. The highest BCUT2D eigenvalue weighted by Crippen LogP contribution is 2.35. The van der Waals surface area contributed by atoms with E-state index in [1.165, 1.54) is 19.4 Å². The van der Waals surface area contributed by atoms with Crippen LogP contribution in [0.2, 0.25) is 0 Å². The fourth-order valence-electron chi connectivity index (χ4n) is 5.07. The van der Waals surface area contributed by atoms with Gasteiger partial charge in [-0.05, 0) is 43.2 Å². The van der Waals surface area contributed by atoms with Crippen molar-refractivity contribution in [2.45, 2.75) is 51.3 Å². The van der Waals surface area contributed by atoms with E-state index in [2.05, 4.69) is 11.9 Å². The van der Waals surface area contributed by atoms with Crippen molar-refractivity contribution in [3.63, 3.8) is 0 Å². The zero-order chi connectivity index (χ0) is 16.7. The number of rotatable bonds is 5. The molecule has 1 aromatic carbocycles. The van der Waals surface area contributed by atoms with E-state index >= 15 is 0 Å². The van der Waals surface area contributed by atoms with E-state index in [1.807, 2.05) is 37.4 Å². The molecule has 1 aromatic heterocycles. The fourth-order valence-corrected chi connectivity index (χ4v) is 5.07. The quantitative estimate of drug-likeness (QED) is 0.884. The van der Waals surface area contributed by atoms with Gasteiger partial charge in [0.15, 0.2) is 0 Å². The van der Waals surface area contributed by atoms with Gasteiger partial charge in [-0.25, -0.2) is 0 Å². The summed E-state index contributed by atoms with van der Waals surface area (Å²) >= 11 is 0. The lowest BCUT2D eigenvalue weighted by molar-refractivity contribution is -0.932. The van der Waals surface area contributed by atoms with E-state index < -0.39 is 6.10 Å². The zero-order valence-corrected chi connectivity index (χ0v) is 14.5. The Balaban J connectivity index is 1.69. The summed E-state index contributed by atoms with van der Waals surface area (Å²) in [6.45, 7) is 6.12. The molecule has 5 unspecified atom stereocenters. The number of aliphatic hydroxyl groups is 1. The highest BCUT2D eigenvalue weighted by atomic mass is 16.5. The van der Waals surface area contributed by atoms with Crippen molar-refractivity contribution in [1.82, 2.24) is 4.98 Å². The smallest absolute Gasteiger partial charge is 0.131 e. The molecule has 2 aliphatic rings. The van der Waals surface area contributed by atoms with Crippen LogP contribution in [0.3, 0.4) is 0 Å². The molecule has 4 rings (SSSR count). The van der Waals surface area contributed by atoms with Crippen molar-refractivity contribution in [3.05, 3.63) is 36.0 Å². The summed E-state index contributed by atoms with van der Waals surface area (Å²) in [7, 11) is 0. The highest BCUT2D eigenvalue weighted by molar-refractivity contribution is 5.83. The van der Waals surface area contributed by atoms with Gasteiger partial charge in [0.2, 0.25) is 0 Å². The van der Waals surface area contributed by atoms with Gasteiger partial charge < -0.3 is 14.7 Å². The van der Waals surface area contributed by atoms with Gasteiger partial charge in [0, 0.05) is 30.3 Å². The first-order valence-corrected chi connectivity index (χ1v) is 9.28. The SMILES string of the molecule is CCOc1ccc2nccc(C(O)C3CC4CC[NH+]3C4CC)c2c1. The molecule has 0 saturated carbocycles. The zero-order valence-electron chi connectivity index (χ0n) is 14.5. The van der Waals surface area contributed by atoms with E-state index in [0.29, 0.717) is 12.6 Å². The van der Waals surface area contributed by atoms with Crippen molar-refractivity contribution in [1.29, 1.82) is 0 Å². The molecule has 128 valence electrons. The van der Waals surface area contributed by atoms with Crippen LogP contribution in [0.15, 0.2) is 30.5 Å². The van der Waals surface area contributed by atoms with Crippen molar-refractivity contribution >= 4 is 10.9 Å².